The second-order valence-electron chi connectivity index (χ2n) is 6.51. The van der Waals surface area contributed by atoms with Crippen LogP contribution in [0.4, 0.5) is 0 Å². The van der Waals surface area contributed by atoms with E-state index in [9.17, 15) is 14.4 Å². The number of piperidine rings is 1. The average Bonchev–Trinajstić information content (AvgIpc) is 3.17. The lowest BCUT2D eigenvalue weighted by molar-refractivity contribution is -0.123. The number of Topliss-reactive ketones (excluding diaryl/α,β-unsaturated/α-hetero) is 1. The zero-order valence-corrected chi connectivity index (χ0v) is 15.6. The third-order valence-electron chi connectivity index (χ3n) is 4.73. The molecule has 1 aliphatic rings. The number of primary amides is 1. The molecular formula is C20H22N2O3S. The number of carbonyl (C=O) groups excluding carboxylic acids is 3. The van der Waals surface area contributed by atoms with Gasteiger partial charge >= 0.3 is 0 Å². The molecule has 2 amide bonds. The topological polar surface area (TPSA) is 80.5 Å². The summed E-state index contributed by atoms with van der Waals surface area (Å²) in [4.78, 5) is 39.3. The summed E-state index contributed by atoms with van der Waals surface area (Å²) >= 11 is 1.47. The molecule has 2 heterocycles. The van der Waals surface area contributed by atoms with E-state index in [2.05, 4.69) is 0 Å². The summed E-state index contributed by atoms with van der Waals surface area (Å²) in [6, 6.07) is 11.2. The number of ketones is 1. The normalized spacial score (nSPS) is 17.1. The Balaban J connectivity index is 1.73. The van der Waals surface area contributed by atoms with E-state index < -0.39 is 0 Å². The van der Waals surface area contributed by atoms with Crippen molar-refractivity contribution in [2.45, 2.75) is 26.2 Å². The minimum atomic E-state index is -0.340. The molecule has 26 heavy (non-hydrogen) atoms. The number of nitrogens with zero attached hydrogens (tertiary/aromatic N) is 1. The number of likely N-dealkylation sites (tertiary alicyclic amines) is 1. The Morgan fingerprint density at radius 2 is 1.88 bits per heavy atom. The lowest BCUT2D eigenvalue weighted by atomic mass is 9.97. The van der Waals surface area contributed by atoms with Crippen molar-refractivity contribution in [2.24, 2.45) is 11.7 Å². The molecule has 0 aliphatic carbocycles. The molecule has 0 bridgehead atoms. The summed E-state index contributed by atoms with van der Waals surface area (Å²) < 4.78 is 0. The van der Waals surface area contributed by atoms with Gasteiger partial charge in [-0.25, -0.2) is 0 Å². The minimum absolute atomic E-state index is 0.0736. The van der Waals surface area contributed by atoms with Crippen molar-refractivity contribution in [1.82, 2.24) is 4.90 Å². The molecule has 1 saturated heterocycles. The zero-order valence-electron chi connectivity index (χ0n) is 14.7. The van der Waals surface area contributed by atoms with Crippen LogP contribution in [-0.4, -0.2) is 35.6 Å². The molecule has 1 atom stereocenters. The lowest BCUT2D eigenvalue weighted by Crippen LogP contribution is -2.44. The molecule has 1 aromatic heterocycles. The summed E-state index contributed by atoms with van der Waals surface area (Å²) in [5.41, 5.74) is 6.97. The van der Waals surface area contributed by atoms with E-state index in [1.807, 2.05) is 31.2 Å². The molecule has 0 unspecified atom stereocenters. The first-order chi connectivity index (χ1) is 12.5. The molecule has 2 N–H and O–H groups in total. The van der Waals surface area contributed by atoms with Crippen LogP contribution < -0.4 is 5.73 Å². The van der Waals surface area contributed by atoms with E-state index in [4.69, 9.17) is 5.73 Å². The highest BCUT2D eigenvalue weighted by molar-refractivity contribution is 7.17. The molecule has 5 nitrogen and oxygen atoms in total. The first-order valence-electron chi connectivity index (χ1n) is 8.81. The van der Waals surface area contributed by atoms with Gasteiger partial charge in [-0.3, -0.25) is 14.4 Å². The smallest absolute Gasteiger partial charge is 0.253 e. The fraction of sp³-hybridized carbons (Fsp3) is 0.350. The molecule has 0 radical (unpaired) electrons. The highest BCUT2D eigenvalue weighted by Gasteiger charge is 2.27. The summed E-state index contributed by atoms with van der Waals surface area (Å²) in [7, 11) is 0. The van der Waals surface area contributed by atoms with E-state index in [1.165, 1.54) is 11.3 Å². The number of carbonyl (C=O) groups is 3. The fourth-order valence-corrected chi connectivity index (χ4v) is 4.19. The third kappa shape index (κ3) is 3.85. The standard InChI is InChI=1S/C20H22N2O3S/c1-2-16(23)18-10-9-17(26-18)13-5-7-14(8-6-13)20(25)22-11-3-4-15(12-22)19(21)24/h5-10,15H,2-4,11-12H2,1H3,(H2,21,24)/t15-/m0/s1. The van der Waals surface area contributed by atoms with E-state index >= 15 is 0 Å². The SMILES string of the molecule is CCC(=O)c1ccc(-c2ccc(C(=O)N3CCC[C@H](C(N)=O)C3)cc2)s1. The van der Waals surface area contributed by atoms with Gasteiger partial charge in [0, 0.05) is 30.0 Å². The van der Waals surface area contributed by atoms with Gasteiger partial charge < -0.3 is 10.6 Å². The molecule has 0 spiro atoms. The Labute approximate surface area is 156 Å². The summed E-state index contributed by atoms with van der Waals surface area (Å²) in [5.74, 6) is -0.529. The predicted molar refractivity (Wildman–Crippen MR) is 102 cm³/mol. The summed E-state index contributed by atoms with van der Waals surface area (Å²) in [6.07, 6.45) is 2.03. The number of nitrogens with two attached hydrogens (primary N) is 1. The Morgan fingerprint density at radius 3 is 2.54 bits per heavy atom. The minimum Gasteiger partial charge on any atom is -0.369 e. The van der Waals surface area contributed by atoms with Crippen LogP contribution in [0.25, 0.3) is 10.4 Å². The number of benzene rings is 1. The molecule has 1 fully saturated rings. The van der Waals surface area contributed by atoms with E-state index in [0.29, 0.717) is 25.1 Å². The fourth-order valence-electron chi connectivity index (χ4n) is 3.17. The number of hydrogen-bond donors (Lipinski definition) is 1. The molecule has 1 aliphatic heterocycles. The van der Waals surface area contributed by atoms with Crippen LogP contribution in [0, 0.1) is 5.92 Å². The van der Waals surface area contributed by atoms with Crippen LogP contribution in [0.3, 0.4) is 0 Å². The van der Waals surface area contributed by atoms with Crippen molar-refractivity contribution in [1.29, 1.82) is 0 Å². The van der Waals surface area contributed by atoms with Gasteiger partial charge in [0.1, 0.15) is 0 Å². The highest BCUT2D eigenvalue weighted by atomic mass is 32.1. The molecule has 0 saturated carbocycles. The quantitative estimate of drug-likeness (QED) is 0.820. The van der Waals surface area contributed by atoms with Gasteiger partial charge in [0.2, 0.25) is 5.91 Å². The van der Waals surface area contributed by atoms with Crippen molar-refractivity contribution in [2.75, 3.05) is 13.1 Å². The van der Waals surface area contributed by atoms with Crippen LogP contribution in [0.1, 0.15) is 46.2 Å². The Kier molecular flexibility index (Phi) is 5.52. The number of rotatable bonds is 5. The lowest BCUT2D eigenvalue weighted by Gasteiger charge is -2.31. The van der Waals surface area contributed by atoms with Gasteiger partial charge in [-0.05, 0) is 42.7 Å². The van der Waals surface area contributed by atoms with Crippen LogP contribution in [0.5, 0.6) is 0 Å². The molecule has 3 rings (SSSR count). The first kappa shape index (κ1) is 18.3. The second kappa shape index (κ2) is 7.83. The van der Waals surface area contributed by atoms with Crippen molar-refractivity contribution in [3.63, 3.8) is 0 Å². The van der Waals surface area contributed by atoms with Crippen molar-refractivity contribution in [3.05, 3.63) is 46.8 Å². The van der Waals surface area contributed by atoms with Gasteiger partial charge in [0.15, 0.2) is 5.78 Å². The van der Waals surface area contributed by atoms with Crippen molar-refractivity contribution in [3.8, 4) is 10.4 Å². The van der Waals surface area contributed by atoms with Crippen molar-refractivity contribution < 1.29 is 14.4 Å². The second-order valence-corrected chi connectivity index (χ2v) is 7.59. The Bertz CT molecular complexity index is 826. The third-order valence-corrected chi connectivity index (χ3v) is 5.90. The van der Waals surface area contributed by atoms with Crippen LogP contribution >= 0.6 is 11.3 Å². The van der Waals surface area contributed by atoms with Gasteiger partial charge in [0.05, 0.1) is 10.8 Å². The summed E-state index contributed by atoms with van der Waals surface area (Å²) in [5, 5.41) is 0. The molecule has 6 heteroatoms. The molecular weight excluding hydrogens is 348 g/mol. The predicted octanol–water partition coefficient (Wildman–Crippen LogP) is 3.35. The van der Waals surface area contributed by atoms with Crippen LogP contribution in [0.2, 0.25) is 0 Å². The van der Waals surface area contributed by atoms with Gasteiger partial charge in [-0.1, -0.05) is 19.1 Å². The first-order valence-corrected chi connectivity index (χ1v) is 9.63. The number of amides is 2. The van der Waals surface area contributed by atoms with Crippen molar-refractivity contribution >= 4 is 28.9 Å². The Morgan fingerprint density at radius 1 is 1.15 bits per heavy atom. The maximum atomic E-state index is 12.7. The highest BCUT2D eigenvalue weighted by Crippen LogP contribution is 2.29. The maximum Gasteiger partial charge on any atom is 0.253 e. The number of thiophene rings is 1. The largest absolute Gasteiger partial charge is 0.369 e. The van der Waals surface area contributed by atoms with Crippen LogP contribution in [-0.2, 0) is 4.79 Å². The monoisotopic (exact) mass is 370 g/mol. The van der Waals surface area contributed by atoms with E-state index in [1.54, 1.807) is 17.0 Å². The molecule has 1 aromatic carbocycles. The molecule has 2 aromatic rings. The van der Waals surface area contributed by atoms with Gasteiger partial charge in [-0.15, -0.1) is 11.3 Å². The average molecular weight is 370 g/mol. The maximum absolute atomic E-state index is 12.7. The van der Waals surface area contributed by atoms with E-state index in [-0.39, 0.29) is 23.5 Å². The molecule has 136 valence electrons. The van der Waals surface area contributed by atoms with Gasteiger partial charge in [0.25, 0.3) is 5.91 Å². The van der Waals surface area contributed by atoms with E-state index in [0.717, 1.165) is 28.2 Å². The van der Waals surface area contributed by atoms with Crippen LogP contribution in [0.15, 0.2) is 36.4 Å². The van der Waals surface area contributed by atoms with Gasteiger partial charge in [-0.2, -0.15) is 0 Å². The Hall–Kier alpha value is -2.47. The zero-order chi connectivity index (χ0) is 18.7. The summed E-state index contributed by atoms with van der Waals surface area (Å²) in [6.45, 7) is 2.90. The number of hydrogen-bond acceptors (Lipinski definition) is 4.